The molecule has 0 bridgehead atoms. The first-order valence-corrected chi connectivity index (χ1v) is 12.5. The summed E-state index contributed by atoms with van der Waals surface area (Å²) in [6.45, 7) is 5.95. The molecule has 8 nitrogen and oxygen atoms in total. The van der Waals surface area contributed by atoms with E-state index in [1.165, 1.54) is 10.8 Å². The fourth-order valence-electron chi connectivity index (χ4n) is 5.00. The van der Waals surface area contributed by atoms with Crippen molar-refractivity contribution in [3.63, 3.8) is 0 Å². The zero-order chi connectivity index (χ0) is 26.7. The van der Waals surface area contributed by atoms with Gasteiger partial charge in [0.25, 0.3) is 5.56 Å². The topological polar surface area (TPSA) is 107 Å². The van der Waals surface area contributed by atoms with E-state index in [0.29, 0.717) is 22.3 Å². The van der Waals surface area contributed by atoms with Crippen LogP contribution in [0.4, 0.5) is 5.69 Å². The monoisotopic (exact) mass is 496 g/mol. The molecule has 1 aliphatic carbocycles. The lowest BCUT2D eigenvalue weighted by Crippen LogP contribution is -2.39. The van der Waals surface area contributed by atoms with E-state index in [9.17, 15) is 15.3 Å². The van der Waals surface area contributed by atoms with Crippen LogP contribution in [-0.2, 0) is 11.9 Å². The maximum atomic E-state index is 13.0. The first-order valence-electron chi connectivity index (χ1n) is 12.5. The average Bonchev–Trinajstić information content (AvgIpc) is 2.90. The number of nitrogens with zero attached hydrogens (tertiary/aromatic N) is 6. The fraction of sp³-hybridized carbons (Fsp3) is 0.414. The molecule has 0 unspecified atom stereocenters. The molecular weight excluding hydrogens is 464 g/mol. The molecule has 1 aliphatic rings. The number of rotatable bonds is 5. The van der Waals surface area contributed by atoms with Gasteiger partial charge in [-0.05, 0) is 58.1 Å². The number of pyridine rings is 2. The van der Waals surface area contributed by atoms with Crippen LogP contribution in [0.1, 0.15) is 63.1 Å². The van der Waals surface area contributed by atoms with E-state index in [2.05, 4.69) is 34.4 Å². The summed E-state index contributed by atoms with van der Waals surface area (Å²) in [6.07, 6.45) is 4.95. The Hall–Kier alpha value is -4.17. The van der Waals surface area contributed by atoms with Crippen molar-refractivity contribution in [2.75, 3.05) is 11.9 Å². The van der Waals surface area contributed by atoms with Crippen LogP contribution in [0, 0.1) is 28.6 Å². The zero-order valence-corrected chi connectivity index (χ0v) is 22.0. The third-order valence-electron chi connectivity index (χ3n) is 6.91. The van der Waals surface area contributed by atoms with Gasteiger partial charge in [0.1, 0.15) is 29.0 Å². The number of fused-ring (bicyclic) bond motifs is 1. The van der Waals surface area contributed by atoms with Crippen molar-refractivity contribution < 1.29 is 4.84 Å². The van der Waals surface area contributed by atoms with Crippen molar-refractivity contribution in [3.05, 3.63) is 69.6 Å². The second-order valence-electron chi connectivity index (χ2n) is 10.6. The molecule has 37 heavy (non-hydrogen) atoms. The zero-order valence-electron chi connectivity index (χ0n) is 22.0. The molecule has 8 heteroatoms. The summed E-state index contributed by atoms with van der Waals surface area (Å²) < 4.78 is 1.38. The Morgan fingerprint density at radius 3 is 2.41 bits per heavy atom. The van der Waals surface area contributed by atoms with Crippen molar-refractivity contribution in [2.24, 2.45) is 18.1 Å². The third kappa shape index (κ3) is 5.34. The first-order chi connectivity index (χ1) is 17.6. The van der Waals surface area contributed by atoms with Crippen LogP contribution in [-0.4, -0.2) is 34.0 Å². The Bertz CT molecular complexity index is 1460. The Morgan fingerprint density at radius 2 is 1.81 bits per heavy atom. The Kier molecular flexibility index (Phi) is 7.31. The van der Waals surface area contributed by atoms with Gasteiger partial charge in [-0.15, -0.1) is 0 Å². The number of oxime groups is 1. The van der Waals surface area contributed by atoms with E-state index >= 15 is 0 Å². The molecule has 3 aromatic rings. The summed E-state index contributed by atoms with van der Waals surface area (Å²) in [4.78, 5) is 25.2. The van der Waals surface area contributed by atoms with E-state index in [1.807, 2.05) is 50.9 Å². The number of hydrogen-bond donors (Lipinski definition) is 0. The number of nitriles is 2. The summed E-state index contributed by atoms with van der Waals surface area (Å²) in [5.74, 6) is 0.233. The predicted octanol–water partition coefficient (Wildman–Crippen LogP) is 4.89. The van der Waals surface area contributed by atoms with Crippen LogP contribution in [0.15, 0.2) is 52.5 Å². The van der Waals surface area contributed by atoms with E-state index in [-0.39, 0.29) is 28.7 Å². The van der Waals surface area contributed by atoms with Crippen LogP contribution in [0.3, 0.4) is 0 Å². The minimum absolute atomic E-state index is 0.0710. The lowest BCUT2D eigenvalue weighted by molar-refractivity contribution is -0.0000288. The van der Waals surface area contributed by atoms with Crippen molar-refractivity contribution >= 4 is 22.4 Å². The van der Waals surface area contributed by atoms with E-state index in [4.69, 9.17) is 4.84 Å². The molecule has 0 saturated heterocycles. The van der Waals surface area contributed by atoms with Gasteiger partial charge in [0.05, 0.1) is 17.0 Å². The summed E-state index contributed by atoms with van der Waals surface area (Å²) in [5, 5.41) is 24.6. The van der Waals surface area contributed by atoms with Gasteiger partial charge in [0, 0.05) is 37.6 Å². The standard InChI is InChI=1S/C29H32N6O2/c1-29(2,3)37-33-25(20-9-7-6-8-10-20)21-11-13-22(14-12-21)34(4)26-23-15-19(16-30)18-32-27(23)35(5)28(36)24(26)17-31/h6-10,15,18,21-22H,11-14H2,1-5H3/b33-25+. The van der Waals surface area contributed by atoms with Crippen LogP contribution in [0.2, 0.25) is 0 Å². The van der Waals surface area contributed by atoms with E-state index in [0.717, 1.165) is 37.0 Å². The summed E-state index contributed by atoms with van der Waals surface area (Å²) in [7, 11) is 3.53. The number of hydrogen-bond acceptors (Lipinski definition) is 7. The predicted molar refractivity (Wildman–Crippen MR) is 144 cm³/mol. The lowest BCUT2D eigenvalue weighted by atomic mass is 9.80. The smallest absolute Gasteiger partial charge is 0.272 e. The molecule has 190 valence electrons. The molecule has 2 aromatic heterocycles. The Balaban J connectivity index is 1.66. The molecule has 0 atom stereocenters. The molecule has 1 saturated carbocycles. The molecule has 0 aliphatic heterocycles. The molecule has 0 amide bonds. The van der Waals surface area contributed by atoms with Gasteiger partial charge in [-0.1, -0.05) is 35.5 Å². The van der Waals surface area contributed by atoms with E-state index < -0.39 is 0 Å². The molecule has 4 rings (SSSR count). The lowest BCUT2D eigenvalue weighted by Gasteiger charge is -2.37. The summed E-state index contributed by atoms with van der Waals surface area (Å²) in [6, 6.07) is 16.2. The highest BCUT2D eigenvalue weighted by Gasteiger charge is 2.31. The van der Waals surface area contributed by atoms with Crippen LogP contribution < -0.4 is 10.5 Å². The highest BCUT2D eigenvalue weighted by Crippen LogP contribution is 2.35. The minimum atomic E-state index is -0.388. The normalized spacial score (nSPS) is 18.2. The minimum Gasteiger partial charge on any atom is -0.390 e. The molecule has 1 aromatic carbocycles. The van der Waals surface area contributed by atoms with Crippen LogP contribution >= 0.6 is 0 Å². The molecular formula is C29H32N6O2. The number of aryl methyl sites for hydroxylation is 1. The molecule has 0 spiro atoms. The van der Waals surface area contributed by atoms with Crippen molar-refractivity contribution in [3.8, 4) is 12.1 Å². The maximum absolute atomic E-state index is 13.0. The highest BCUT2D eigenvalue weighted by atomic mass is 16.6. The second kappa shape index (κ2) is 10.4. The van der Waals surface area contributed by atoms with Gasteiger partial charge in [-0.3, -0.25) is 9.36 Å². The first kappa shape index (κ1) is 25.9. The molecule has 1 fully saturated rings. The quantitative estimate of drug-likeness (QED) is 0.368. The van der Waals surface area contributed by atoms with Crippen LogP contribution in [0.5, 0.6) is 0 Å². The van der Waals surface area contributed by atoms with Crippen molar-refractivity contribution in [1.82, 2.24) is 9.55 Å². The number of benzene rings is 1. The summed E-state index contributed by atoms with van der Waals surface area (Å²) >= 11 is 0. The third-order valence-corrected chi connectivity index (χ3v) is 6.91. The van der Waals surface area contributed by atoms with Crippen molar-refractivity contribution in [2.45, 2.75) is 58.1 Å². The van der Waals surface area contributed by atoms with Gasteiger partial charge in [0.15, 0.2) is 0 Å². The maximum Gasteiger partial charge on any atom is 0.272 e. The van der Waals surface area contributed by atoms with Gasteiger partial charge in [0.2, 0.25) is 0 Å². The fourth-order valence-corrected chi connectivity index (χ4v) is 5.00. The largest absolute Gasteiger partial charge is 0.390 e. The van der Waals surface area contributed by atoms with Crippen LogP contribution in [0.25, 0.3) is 11.0 Å². The second-order valence-corrected chi connectivity index (χ2v) is 10.6. The highest BCUT2D eigenvalue weighted by molar-refractivity contribution is 6.02. The SMILES string of the molecule is CN(c1c(C#N)c(=O)n(C)c2ncc(C#N)cc12)C1CCC(/C(=N/OC(C)(C)C)c2ccccc2)CC1. The van der Waals surface area contributed by atoms with Gasteiger partial charge < -0.3 is 9.74 Å². The molecule has 0 N–H and O–H groups in total. The molecule has 2 heterocycles. The average molecular weight is 497 g/mol. The van der Waals surface area contributed by atoms with Gasteiger partial charge >= 0.3 is 0 Å². The summed E-state index contributed by atoms with van der Waals surface area (Å²) in [5.41, 5.74) is 2.69. The Labute approximate surface area is 217 Å². The Morgan fingerprint density at radius 1 is 1.14 bits per heavy atom. The van der Waals surface area contributed by atoms with E-state index in [1.54, 1.807) is 13.1 Å². The molecule has 0 radical (unpaired) electrons. The number of anilines is 1. The van der Waals surface area contributed by atoms with Gasteiger partial charge in [-0.25, -0.2) is 4.98 Å². The van der Waals surface area contributed by atoms with Crippen molar-refractivity contribution in [1.29, 1.82) is 10.5 Å². The van der Waals surface area contributed by atoms with Gasteiger partial charge in [-0.2, -0.15) is 10.5 Å². The number of aromatic nitrogens is 2.